The molecule has 1 aliphatic rings. The van der Waals surface area contributed by atoms with Gasteiger partial charge in [-0.2, -0.15) is 0 Å². The molecule has 4 aromatic carbocycles. The number of rotatable bonds is 6. The highest BCUT2D eigenvalue weighted by Crippen LogP contribution is 2.49. The van der Waals surface area contributed by atoms with Crippen molar-refractivity contribution in [2.24, 2.45) is 0 Å². The second-order valence-electron chi connectivity index (χ2n) is 9.88. The minimum atomic E-state index is -0.757. The predicted octanol–water partition coefficient (Wildman–Crippen LogP) is 7.38. The monoisotopic (exact) mass is 506 g/mol. The van der Waals surface area contributed by atoms with Gasteiger partial charge in [0.15, 0.2) is 5.76 Å². The molecular formula is C31H26N2O5. The lowest BCUT2D eigenvalue weighted by atomic mass is 9.92. The fraction of sp³-hybridized carbons (Fsp3) is 0.194. The van der Waals surface area contributed by atoms with E-state index in [2.05, 4.69) is 10.5 Å². The molecule has 1 amide bonds. The van der Waals surface area contributed by atoms with Crippen molar-refractivity contribution in [1.82, 2.24) is 5.16 Å². The van der Waals surface area contributed by atoms with Crippen LogP contribution in [0.1, 0.15) is 42.7 Å². The minimum Gasteiger partial charge on any atom is -0.481 e. The number of aliphatic carboxylic acids is 1. The Labute approximate surface area is 219 Å². The molecule has 1 saturated carbocycles. The number of nitrogens with one attached hydrogen (secondary N) is 1. The van der Waals surface area contributed by atoms with E-state index in [4.69, 9.17) is 9.26 Å². The molecule has 7 heteroatoms. The Hall–Kier alpha value is -4.65. The minimum absolute atomic E-state index is 0.417. The van der Waals surface area contributed by atoms with E-state index in [-0.39, 0.29) is 0 Å². The highest BCUT2D eigenvalue weighted by molar-refractivity contribution is 6.09. The molecule has 7 nitrogen and oxygen atoms in total. The molecule has 0 spiro atoms. The first-order valence-corrected chi connectivity index (χ1v) is 12.6. The number of amides is 1. The van der Waals surface area contributed by atoms with Crippen LogP contribution in [0.4, 0.5) is 10.5 Å². The molecule has 5 aromatic rings. The maximum atomic E-state index is 12.7. The lowest BCUT2D eigenvalue weighted by molar-refractivity contribution is -0.140. The van der Waals surface area contributed by atoms with Gasteiger partial charge in [0.25, 0.3) is 0 Å². The molecule has 2 N–H and O–H groups in total. The third-order valence-corrected chi connectivity index (χ3v) is 7.45. The maximum absolute atomic E-state index is 12.7. The van der Waals surface area contributed by atoms with Crippen molar-refractivity contribution in [3.05, 3.63) is 95.7 Å². The summed E-state index contributed by atoms with van der Waals surface area (Å²) >= 11 is 0. The Bertz CT molecular complexity index is 1700. The number of nitrogens with zero attached hydrogens (tertiary/aromatic N) is 1. The second-order valence-corrected chi connectivity index (χ2v) is 9.88. The first kappa shape index (κ1) is 23.7. The summed E-state index contributed by atoms with van der Waals surface area (Å²) in [6, 6.07) is 25.4. The zero-order valence-corrected chi connectivity index (χ0v) is 21.0. The number of carboxylic acids is 1. The van der Waals surface area contributed by atoms with Crippen LogP contribution in [-0.2, 0) is 14.9 Å². The number of aryl methyl sites for hydroxylation is 1. The quantitative estimate of drug-likeness (QED) is 0.233. The first-order valence-electron chi connectivity index (χ1n) is 12.6. The van der Waals surface area contributed by atoms with Gasteiger partial charge in [-0.05, 0) is 71.5 Å². The van der Waals surface area contributed by atoms with E-state index >= 15 is 0 Å². The van der Waals surface area contributed by atoms with Crippen LogP contribution in [0.2, 0.25) is 0 Å². The van der Waals surface area contributed by atoms with Crippen molar-refractivity contribution in [1.29, 1.82) is 0 Å². The number of carbonyl (C=O) groups excluding carboxylic acids is 1. The molecule has 1 aromatic heterocycles. The van der Waals surface area contributed by atoms with Gasteiger partial charge in [-0.25, -0.2) is 4.79 Å². The Morgan fingerprint density at radius 1 is 0.974 bits per heavy atom. The number of hydrogen-bond acceptors (Lipinski definition) is 5. The van der Waals surface area contributed by atoms with Crippen molar-refractivity contribution < 1.29 is 24.0 Å². The van der Waals surface area contributed by atoms with Crippen molar-refractivity contribution in [3.8, 4) is 11.3 Å². The van der Waals surface area contributed by atoms with E-state index in [9.17, 15) is 14.7 Å². The number of hydrogen-bond donors (Lipinski definition) is 2. The molecule has 0 bridgehead atoms. The van der Waals surface area contributed by atoms with Crippen LogP contribution < -0.4 is 5.32 Å². The zero-order chi connectivity index (χ0) is 26.4. The summed E-state index contributed by atoms with van der Waals surface area (Å²) in [5, 5.41) is 20.6. The van der Waals surface area contributed by atoms with Gasteiger partial charge in [-0.1, -0.05) is 71.9 Å². The molecule has 0 radical (unpaired) electrons. The van der Waals surface area contributed by atoms with Crippen LogP contribution in [0, 0.1) is 6.92 Å². The van der Waals surface area contributed by atoms with Gasteiger partial charge in [0, 0.05) is 5.56 Å². The molecule has 1 atom stereocenters. The standard InChI is InChI=1S/C31H26N2O5/c1-18-27(32-30(36)37-19(2)20-6-4-3-5-7-20)28(38-33-18)23-10-12-25-21(16-23)8-9-22-17-24(11-13-26(22)25)31(14-15-31)29(34)35/h3-13,16-17,19H,14-15H2,1-2H3,(H,32,36)(H,34,35). The largest absolute Gasteiger partial charge is 0.481 e. The van der Waals surface area contributed by atoms with Crippen LogP contribution in [0.25, 0.3) is 32.9 Å². The van der Waals surface area contributed by atoms with Crippen LogP contribution in [0.15, 0.2) is 83.4 Å². The summed E-state index contributed by atoms with van der Waals surface area (Å²) in [6.45, 7) is 3.58. The Balaban J connectivity index is 1.29. The fourth-order valence-electron chi connectivity index (χ4n) is 5.06. The Kier molecular flexibility index (Phi) is 5.64. The Morgan fingerprint density at radius 3 is 2.34 bits per heavy atom. The van der Waals surface area contributed by atoms with Gasteiger partial charge < -0.3 is 14.4 Å². The third kappa shape index (κ3) is 4.06. The summed E-state index contributed by atoms with van der Waals surface area (Å²) in [7, 11) is 0. The van der Waals surface area contributed by atoms with Gasteiger partial charge >= 0.3 is 12.1 Å². The molecule has 1 unspecified atom stereocenters. The molecule has 6 rings (SSSR count). The number of aromatic nitrogens is 1. The first-order chi connectivity index (χ1) is 18.4. The van der Waals surface area contributed by atoms with Crippen LogP contribution in [-0.4, -0.2) is 22.3 Å². The van der Waals surface area contributed by atoms with Crippen LogP contribution >= 0.6 is 0 Å². The van der Waals surface area contributed by atoms with Crippen molar-refractivity contribution in [2.45, 2.75) is 38.2 Å². The van der Waals surface area contributed by atoms with Gasteiger partial charge in [0.05, 0.1) is 5.41 Å². The van der Waals surface area contributed by atoms with E-state index in [0.29, 0.717) is 30.0 Å². The van der Waals surface area contributed by atoms with Crippen molar-refractivity contribution >= 4 is 39.3 Å². The normalized spacial score (nSPS) is 14.8. The maximum Gasteiger partial charge on any atom is 0.412 e. The summed E-state index contributed by atoms with van der Waals surface area (Å²) in [5.74, 6) is -0.311. The van der Waals surface area contributed by atoms with E-state index < -0.39 is 23.6 Å². The summed E-state index contributed by atoms with van der Waals surface area (Å²) in [4.78, 5) is 24.5. The number of anilines is 1. The summed E-state index contributed by atoms with van der Waals surface area (Å²) < 4.78 is 11.2. The van der Waals surface area contributed by atoms with Crippen LogP contribution in [0.5, 0.6) is 0 Å². The molecule has 0 aliphatic heterocycles. The summed E-state index contributed by atoms with van der Waals surface area (Å²) in [6.07, 6.45) is 0.346. The second kappa shape index (κ2) is 9.03. The number of fused-ring (bicyclic) bond motifs is 3. The average Bonchev–Trinajstić information content (AvgIpc) is 3.67. The van der Waals surface area contributed by atoms with E-state index in [1.807, 2.05) is 85.8 Å². The number of ether oxygens (including phenoxy) is 1. The number of benzene rings is 4. The SMILES string of the molecule is Cc1noc(-c2ccc3c(ccc4cc(C5(C(=O)O)CC5)ccc43)c2)c1NC(=O)OC(C)c1ccccc1. The average molecular weight is 507 g/mol. The van der Waals surface area contributed by atoms with Crippen LogP contribution in [0.3, 0.4) is 0 Å². The smallest absolute Gasteiger partial charge is 0.412 e. The fourth-order valence-corrected chi connectivity index (χ4v) is 5.06. The Morgan fingerprint density at radius 2 is 1.66 bits per heavy atom. The molecule has 1 aliphatic carbocycles. The van der Waals surface area contributed by atoms with Gasteiger partial charge in [-0.3, -0.25) is 10.1 Å². The van der Waals surface area contributed by atoms with Crippen molar-refractivity contribution in [3.63, 3.8) is 0 Å². The molecule has 0 saturated heterocycles. The van der Waals surface area contributed by atoms with Gasteiger partial charge in [-0.15, -0.1) is 0 Å². The lowest BCUT2D eigenvalue weighted by Gasteiger charge is -2.14. The lowest BCUT2D eigenvalue weighted by Crippen LogP contribution is -2.19. The molecular weight excluding hydrogens is 480 g/mol. The number of carboxylic acid groups (broad SMARTS) is 1. The summed E-state index contributed by atoms with van der Waals surface area (Å²) in [5.41, 5.74) is 2.79. The van der Waals surface area contributed by atoms with Crippen molar-refractivity contribution in [2.75, 3.05) is 5.32 Å². The molecule has 1 fully saturated rings. The molecule has 1 heterocycles. The zero-order valence-electron chi connectivity index (χ0n) is 21.0. The van der Waals surface area contributed by atoms with Gasteiger partial charge in [0.2, 0.25) is 0 Å². The third-order valence-electron chi connectivity index (χ3n) is 7.45. The van der Waals surface area contributed by atoms with Gasteiger partial charge in [0.1, 0.15) is 17.5 Å². The molecule has 38 heavy (non-hydrogen) atoms. The predicted molar refractivity (Wildman–Crippen MR) is 145 cm³/mol. The van der Waals surface area contributed by atoms with E-state index in [0.717, 1.165) is 38.2 Å². The highest BCUT2D eigenvalue weighted by Gasteiger charge is 2.51. The van der Waals surface area contributed by atoms with E-state index in [1.165, 1.54) is 0 Å². The number of carbonyl (C=O) groups is 2. The highest BCUT2D eigenvalue weighted by atomic mass is 16.6. The van der Waals surface area contributed by atoms with E-state index in [1.54, 1.807) is 6.92 Å². The topological polar surface area (TPSA) is 102 Å². The molecule has 190 valence electrons.